The van der Waals surface area contributed by atoms with Crippen molar-refractivity contribution in [3.05, 3.63) is 58.1 Å². The molecular formula is C18H22ClNO. The number of hydrogen-bond acceptors (Lipinski definition) is 2. The van der Waals surface area contributed by atoms with Gasteiger partial charge in [0.2, 0.25) is 0 Å². The van der Waals surface area contributed by atoms with Crippen LogP contribution < -0.4 is 10.1 Å². The zero-order valence-corrected chi connectivity index (χ0v) is 13.8. The maximum Gasteiger partial charge on any atom is 0.133 e. The molecule has 0 saturated heterocycles. The number of halogens is 1. The highest BCUT2D eigenvalue weighted by atomic mass is 35.5. The minimum Gasteiger partial charge on any atom is -0.456 e. The summed E-state index contributed by atoms with van der Waals surface area (Å²) in [5.41, 5.74) is 3.24. The summed E-state index contributed by atoms with van der Waals surface area (Å²) in [4.78, 5) is 0. The molecule has 0 fully saturated rings. The van der Waals surface area contributed by atoms with Crippen LogP contribution in [0.1, 0.15) is 30.5 Å². The molecule has 2 aromatic carbocycles. The maximum atomic E-state index is 6.34. The van der Waals surface area contributed by atoms with E-state index >= 15 is 0 Å². The summed E-state index contributed by atoms with van der Waals surface area (Å²) in [6, 6.07) is 12.3. The van der Waals surface area contributed by atoms with Crippen molar-refractivity contribution in [1.29, 1.82) is 0 Å². The molecule has 0 heterocycles. The van der Waals surface area contributed by atoms with Crippen molar-refractivity contribution in [3.8, 4) is 11.5 Å². The van der Waals surface area contributed by atoms with E-state index in [1.165, 1.54) is 0 Å². The predicted octanol–water partition coefficient (Wildman–Crippen LogP) is 5.25. The van der Waals surface area contributed by atoms with Gasteiger partial charge in [-0.1, -0.05) is 49.7 Å². The third-order valence-corrected chi connectivity index (χ3v) is 3.74. The van der Waals surface area contributed by atoms with Crippen LogP contribution in [0.5, 0.6) is 11.5 Å². The Kier molecular flexibility index (Phi) is 5.27. The summed E-state index contributed by atoms with van der Waals surface area (Å²) < 4.78 is 6.16. The maximum absolute atomic E-state index is 6.34. The third kappa shape index (κ3) is 3.99. The van der Waals surface area contributed by atoms with E-state index in [2.05, 4.69) is 45.1 Å². The van der Waals surface area contributed by atoms with Gasteiger partial charge in [0.25, 0.3) is 0 Å². The lowest BCUT2D eigenvalue weighted by atomic mass is 10.1. The molecule has 0 spiro atoms. The number of nitrogens with one attached hydrogen (secondary N) is 1. The first-order valence-corrected chi connectivity index (χ1v) is 7.61. The van der Waals surface area contributed by atoms with Gasteiger partial charge in [-0.2, -0.15) is 0 Å². The molecule has 0 unspecified atom stereocenters. The Balaban J connectivity index is 2.33. The van der Waals surface area contributed by atoms with Crippen molar-refractivity contribution < 1.29 is 4.74 Å². The molecule has 0 radical (unpaired) electrons. The van der Waals surface area contributed by atoms with Crippen LogP contribution in [-0.4, -0.2) is 6.04 Å². The molecule has 1 N–H and O–H groups in total. The highest BCUT2D eigenvalue weighted by Crippen LogP contribution is 2.33. The zero-order valence-electron chi connectivity index (χ0n) is 13.0. The van der Waals surface area contributed by atoms with Crippen LogP contribution in [0.25, 0.3) is 0 Å². The lowest BCUT2D eigenvalue weighted by Crippen LogP contribution is -2.22. The fourth-order valence-electron chi connectivity index (χ4n) is 2.18. The number of hydrogen-bond donors (Lipinski definition) is 1. The minimum absolute atomic E-state index is 0.398. The van der Waals surface area contributed by atoms with E-state index in [1.54, 1.807) is 0 Å². The number of rotatable bonds is 5. The van der Waals surface area contributed by atoms with Crippen LogP contribution in [0.2, 0.25) is 5.02 Å². The molecule has 0 aromatic heterocycles. The second-order valence-electron chi connectivity index (χ2n) is 5.58. The van der Waals surface area contributed by atoms with E-state index in [9.17, 15) is 0 Å². The van der Waals surface area contributed by atoms with E-state index in [1.807, 2.05) is 24.3 Å². The van der Waals surface area contributed by atoms with Crippen molar-refractivity contribution in [1.82, 2.24) is 5.32 Å². The number of benzene rings is 2. The smallest absolute Gasteiger partial charge is 0.133 e. The normalized spacial score (nSPS) is 11.0. The van der Waals surface area contributed by atoms with E-state index in [4.69, 9.17) is 16.3 Å². The quantitative estimate of drug-likeness (QED) is 0.815. The monoisotopic (exact) mass is 303 g/mol. The Morgan fingerprint density at radius 2 is 1.67 bits per heavy atom. The van der Waals surface area contributed by atoms with Gasteiger partial charge in [0.15, 0.2) is 0 Å². The Bertz CT molecular complexity index is 602. The van der Waals surface area contributed by atoms with Crippen molar-refractivity contribution in [2.24, 2.45) is 0 Å². The second kappa shape index (κ2) is 6.97. The van der Waals surface area contributed by atoms with Crippen LogP contribution in [0.15, 0.2) is 36.4 Å². The molecular weight excluding hydrogens is 282 g/mol. The summed E-state index contributed by atoms with van der Waals surface area (Å²) >= 11 is 6.34. The lowest BCUT2D eigenvalue weighted by Gasteiger charge is -2.17. The second-order valence-corrected chi connectivity index (χ2v) is 5.98. The molecule has 21 heavy (non-hydrogen) atoms. The molecule has 2 nitrogen and oxygen atoms in total. The molecule has 0 saturated carbocycles. The molecule has 0 aliphatic heterocycles. The van der Waals surface area contributed by atoms with Crippen molar-refractivity contribution in [3.63, 3.8) is 0 Å². The van der Waals surface area contributed by atoms with Crippen molar-refractivity contribution >= 4 is 11.6 Å². The number of para-hydroxylation sites is 1. The third-order valence-electron chi connectivity index (χ3n) is 3.38. The van der Waals surface area contributed by atoms with Gasteiger partial charge in [0.1, 0.15) is 11.5 Å². The predicted molar refractivity (Wildman–Crippen MR) is 89.4 cm³/mol. The van der Waals surface area contributed by atoms with Crippen LogP contribution >= 0.6 is 11.6 Å². The number of aryl methyl sites for hydroxylation is 2. The van der Waals surface area contributed by atoms with Crippen LogP contribution in [0.4, 0.5) is 0 Å². The molecule has 0 aliphatic carbocycles. The van der Waals surface area contributed by atoms with Gasteiger partial charge in [-0.25, -0.2) is 0 Å². The summed E-state index contributed by atoms with van der Waals surface area (Å²) in [5.74, 6) is 1.72. The first-order valence-electron chi connectivity index (χ1n) is 7.24. The van der Waals surface area contributed by atoms with Gasteiger partial charge in [-0.3, -0.25) is 0 Å². The highest BCUT2D eigenvalue weighted by molar-refractivity contribution is 6.31. The Labute approximate surface area is 132 Å². The minimum atomic E-state index is 0.398. The summed E-state index contributed by atoms with van der Waals surface area (Å²) in [6.07, 6.45) is 0. The SMILES string of the molecule is Cc1cccc(C)c1Oc1cccc(Cl)c1CNC(C)C. The van der Waals surface area contributed by atoms with Gasteiger partial charge in [0, 0.05) is 23.2 Å². The van der Waals surface area contributed by atoms with Crippen LogP contribution in [-0.2, 0) is 6.54 Å². The van der Waals surface area contributed by atoms with Crippen LogP contribution in [0, 0.1) is 13.8 Å². The van der Waals surface area contributed by atoms with Gasteiger partial charge in [-0.15, -0.1) is 0 Å². The summed E-state index contributed by atoms with van der Waals surface area (Å²) in [5, 5.41) is 4.12. The molecule has 0 atom stereocenters. The molecule has 0 bridgehead atoms. The average molecular weight is 304 g/mol. The van der Waals surface area contributed by atoms with Crippen LogP contribution in [0.3, 0.4) is 0 Å². The standard InChI is InChI=1S/C18H22ClNO/c1-12(2)20-11-15-16(19)9-6-10-17(15)21-18-13(3)7-5-8-14(18)4/h5-10,12,20H,11H2,1-4H3. The first-order chi connectivity index (χ1) is 9.99. The summed E-state index contributed by atoms with van der Waals surface area (Å²) in [6.45, 7) is 9.03. The molecule has 0 amide bonds. The van der Waals surface area contributed by atoms with E-state index in [-0.39, 0.29) is 0 Å². The van der Waals surface area contributed by atoms with Gasteiger partial charge in [0.05, 0.1) is 0 Å². The Hall–Kier alpha value is -1.51. The van der Waals surface area contributed by atoms with Gasteiger partial charge >= 0.3 is 0 Å². The Morgan fingerprint density at radius 1 is 1.05 bits per heavy atom. The molecule has 2 rings (SSSR count). The zero-order chi connectivity index (χ0) is 15.4. The van der Waals surface area contributed by atoms with Crippen molar-refractivity contribution in [2.75, 3.05) is 0 Å². The van der Waals surface area contributed by atoms with Gasteiger partial charge in [-0.05, 0) is 37.1 Å². The van der Waals surface area contributed by atoms with Crippen molar-refractivity contribution in [2.45, 2.75) is 40.3 Å². The lowest BCUT2D eigenvalue weighted by molar-refractivity contribution is 0.463. The molecule has 2 aromatic rings. The fourth-order valence-corrected chi connectivity index (χ4v) is 2.42. The summed E-state index contributed by atoms with van der Waals surface area (Å²) in [7, 11) is 0. The van der Waals surface area contributed by atoms with Gasteiger partial charge < -0.3 is 10.1 Å². The van der Waals surface area contributed by atoms with E-state index in [0.29, 0.717) is 12.6 Å². The number of ether oxygens (including phenoxy) is 1. The van der Waals surface area contributed by atoms with E-state index < -0.39 is 0 Å². The highest BCUT2D eigenvalue weighted by Gasteiger charge is 2.12. The topological polar surface area (TPSA) is 21.3 Å². The Morgan fingerprint density at radius 3 is 2.29 bits per heavy atom. The largest absolute Gasteiger partial charge is 0.456 e. The fraction of sp³-hybridized carbons (Fsp3) is 0.333. The van der Waals surface area contributed by atoms with E-state index in [0.717, 1.165) is 33.2 Å². The average Bonchev–Trinajstić information content (AvgIpc) is 2.42. The molecule has 0 aliphatic rings. The molecule has 112 valence electrons. The molecule has 3 heteroatoms. The first kappa shape index (κ1) is 15.9.